The van der Waals surface area contributed by atoms with Crippen LogP contribution in [0.15, 0.2) is 48.5 Å². The van der Waals surface area contributed by atoms with Crippen LogP contribution in [0.4, 0.5) is 11.4 Å². The van der Waals surface area contributed by atoms with Gasteiger partial charge in [-0.05, 0) is 36.2 Å². The average Bonchev–Trinajstić information content (AvgIpc) is 3.14. The quantitative estimate of drug-likeness (QED) is 0.868. The fourth-order valence-corrected chi connectivity index (χ4v) is 3.71. The Bertz CT molecular complexity index is 844. The van der Waals surface area contributed by atoms with E-state index in [0.29, 0.717) is 31.7 Å². The van der Waals surface area contributed by atoms with Gasteiger partial charge in [-0.15, -0.1) is 0 Å². The molecule has 2 aliphatic rings. The number of hydrogen-bond acceptors (Lipinski definition) is 4. The minimum Gasteiger partial charge on any atom is -0.378 e. The van der Waals surface area contributed by atoms with Crippen molar-refractivity contribution in [1.29, 1.82) is 0 Å². The zero-order chi connectivity index (χ0) is 19.3. The largest absolute Gasteiger partial charge is 0.378 e. The maximum absolute atomic E-state index is 12.7. The molecule has 6 nitrogen and oxygen atoms in total. The predicted molar refractivity (Wildman–Crippen MR) is 109 cm³/mol. The molecule has 2 aromatic carbocycles. The Morgan fingerprint density at radius 2 is 1.75 bits per heavy atom. The van der Waals surface area contributed by atoms with Crippen LogP contribution in [0.3, 0.4) is 0 Å². The van der Waals surface area contributed by atoms with Crippen LogP contribution in [-0.2, 0) is 16.1 Å². The van der Waals surface area contributed by atoms with E-state index in [2.05, 4.69) is 10.2 Å². The lowest BCUT2D eigenvalue weighted by molar-refractivity contribution is -0.128. The molecule has 0 radical (unpaired) electrons. The number of amides is 2. The van der Waals surface area contributed by atoms with Gasteiger partial charge in [0, 0.05) is 38.2 Å². The lowest BCUT2D eigenvalue weighted by atomic mass is 10.1. The summed E-state index contributed by atoms with van der Waals surface area (Å²) in [5, 5.41) is 3.04. The molecule has 0 aromatic heterocycles. The monoisotopic (exact) mass is 379 g/mol. The third-order valence-electron chi connectivity index (χ3n) is 5.26. The van der Waals surface area contributed by atoms with Crippen molar-refractivity contribution in [2.45, 2.75) is 19.4 Å². The second-order valence-electron chi connectivity index (χ2n) is 7.19. The van der Waals surface area contributed by atoms with Crippen LogP contribution in [0, 0.1) is 0 Å². The van der Waals surface area contributed by atoms with Gasteiger partial charge in [0.2, 0.25) is 5.91 Å². The summed E-state index contributed by atoms with van der Waals surface area (Å²) < 4.78 is 5.42. The molecule has 1 N–H and O–H groups in total. The van der Waals surface area contributed by atoms with E-state index >= 15 is 0 Å². The Morgan fingerprint density at radius 3 is 2.46 bits per heavy atom. The number of para-hydroxylation sites is 2. The number of nitrogens with one attached hydrogen (secondary N) is 1. The summed E-state index contributed by atoms with van der Waals surface area (Å²) in [6, 6.07) is 15.4. The molecule has 2 amide bonds. The third-order valence-corrected chi connectivity index (χ3v) is 5.26. The van der Waals surface area contributed by atoms with Crippen LogP contribution in [0.2, 0.25) is 0 Å². The molecule has 28 heavy (non-hydrogen) atoms. The van der Waals surface area contributed by atoms with Gasteiger partial charge in [-0.3, -0.25) is 9.59 Å². The fraction of sp³-hybridized carbons (Fsp3) is 0.364. The van der Waals surface area contributed by atoms with Crippen molar-refractivity contribution in [1.82, 2.24) is 4.90 Å². The number of anilines is 2. The van der Waals surface area contributed by atoms with Crippen molar-refractivity contribution < 1.29 is 14.3 Å². The maximum atomic E-state index is 12.7. The van der Waals surface area contributed by atoms with Gasteiger partial charge in [0.15, 0.2) is 0 Å². The summed E-state index contributed by atoms with van der Waals surface area (Å²) in [4.78, 5) is 28.6. The van der Waals surface area contributed by atoms with E-state index in [1.807, 2.05) is 53.4 Å². The minimum atomic E-state index is -0.135. The molecule has 6 heteroatoms. The molecule has 0 saturated carbocycles. The normalized spacial score (nSPS) is 17.1. The van der Waals surface area contributed by atoms with E-state index in [4.69, 9.17) is 4.74 Å². The summed E-state index contributed by atoms with van der Waals surface area (Å²) in [5.41, 5.74) is 3.47. The van der Waals surface area contributed by atoms with Crippen molar-refractivity contribution in [2.24, 2.45) is 0 Å². The number of morpholine rings is 1. The van der Waals surface area contributed by atoms with Crippen molar-refractivity contribution in [3.05, 3.63) is 59.7 Å². The second kappa shape index (κ2) is 8.44. The highest BCUT2D eigenvalue weighted by Gasteiger charge is 2.20. The molecule has 0 bridgehead atoms. The molecule has 0 unspecified atom stereocenters. The first-order valence-electron chi connectivity index (χ1n) is 9.80. The van der Waals surface area contributed by atoms with E-state index in [9.17, 15) is 9.59 Å². The van der Waals surface area contributed by atoms with Crippen LogP contribution in [-0.4, -0.2) is 49.6 Å². The average molecular weight is 379 g/mol. The first-order valence-corrected chi connectivity index (χ1v) is 9.80. The highest BCUT2D eigenvalue weighted by Crippen LogP contribution is 2.27. The fourth-order valence-electron chi connectivity index (χ4n) is 3.71. The SMILES string of the molecule is O=C(Nc1ccccc1N1CCOCC1)c1ccc(CN2CCCC2=O)cc1. The second-order valence-corrected chi connectivity index (χ2v) is 7.19. The molecular weight excluding hydrogens is 354 g/mol. The van der Waals surface area contributed by atoms with Gasteiger partial charge in [-0.25, -0.2) is 0 Å². The summed E-state index contributed by atoms with van der Waals surface area (Å²) >= 11 is 0. The lowest BCUT2D eigenvalue weighted by Crippen LogP contribution is -2.36. The van der Waals surface area contributed by atoms with Crippen LogP contribution < -0.4 is 10.2 Å². The van der Waals surface area contributed by atoms with Crippen molar-refractivity contribution in [3.63, 3.8) is 0 Å². The number of likely N-dealkylation sites (tertiary alicyclic amines) is 1. The summed E-state index contributed by atoms with van der Waals surface area (Å²) in [6.45, 7) is 4.46. The number of nitrogens with zero attached hydrogens (tertiary/aromatic N) is 2. The number of ether oxygens (including phenoxy) is 1. The summed E-state index contributed by atoms with van der Waals surface area (Å²) in [7, 11) is 0. The molecule has 0 aliphatic carbocycles. The maximum Gasteiger partial charge on any atom is 0.255 e. The van der Waals surface area contributed by atoms with Gasteiger partial charge in [0.25, 0.3) is 5.91 Å². The van der Waals surface area contributed by atoms with E-state index in [-0.39, 0.29) is 11.8 Å². The lowest BCUT2D eigenvalue weighted by Gasteiger charge is -2.30. The molecule has 4 rings (SSSR count). The third kappa shape index (κ3) is 4.17. The van der Waals surface area contributed by atoms with Crippen LogP contribution in [0.25, 0.3) is 0 Å². The van der Waals surface area contributed by atoms with Crippen molar-refractivity contribution >= 4 is 23.2 Å². The van der Waals surface area contributed by atoms with Gasteiger partial charge in [0.05, 0.1) is 24.6 Å². The summed E-state index contributed by atoms with van der Waals surface area (Å²) in [6.07, 6.45) is 1.57. The Morgan fingerprint density at radius 1 is 1.00 bits per heavy atom. The highest BCUT2D eigenvalue weighted by atomic mass is 16.5. The molecule has 0 spiro atoms. The number of rotatable bonds is 5. The molecule has 2 heterocycles. The van der Waals surface area contributed by atoms with Crippen molar-refractivity contribution in [3.8, 4) is 0 Å². The Hall–Kier alpha value is -2.86. The van der Waals surface area contributed by atoms with E-state index in [0.717, 1.165) is 43.0 Å². The molecular formula is C22H25N3O3. The first-order chi connectivity index (χ1) is 13.7. The van der Waals surface area contributed by atoms with Gasteiger partial charge in [0.1, 0.15) is 0 Å². The van der Waals surface area contributed by atoms with Gasteiger partial charge < -0.3 is 19.9 Å². The number of carbonyl (C=O) groups excluding carboxylic acids is 2. The smallest absolute Gasteiger partial charge is 0.255 e. The number of hydrogen-bond donors (Lipinski definition) is 1. The molecule has 2 saturated heterocycles. The van der Waals surface area contributed by atoms with Gasteiger partial charge >= 0.3 is 0 Å². The van der Waals surface area contributed by atoms with E-state index in [1.54, 1.807) is 0 Å². The molecule has 2 aromatic rings. The van der Waals surface area contributed by atoms with Crippen LogP contribution >= 0.6 is 0 Å². The zero-order valence-electron chi connectivity index (χ0n) is 15.9. The van der Waals surface area contributed by atoms with E-state index < -0.39 is 0 Å². The number of carbonyl (C=O) groups is 2. The first kappa shape index (κ1) is 18.5. The standard InChI is InChI=1S/C22H25N3O3/c26-21-6-3-11-25(21)16-17-7-9-18(10-8-17)22(27)23-19-4-1-2-5-20(19)24-12-14-28-15-13-24/h1-2,4-5,7-10H,3,6,11-16H2,(H,23,27). The molecule has 2 aliphatic heterocycles. The predicted octanol–water partition coefficient (Wildman–Crippen LogP) is 2.90. The highest BCUT2D eigenvalue weighted by molar-refractivity contribution is 6.06. The summed E-state index contributed by atoms with van der Waals surface area (Å²) in [5.74, 6) is 0.0750. The van der Waals surface area contributed by atoms with Crippen LogP contribution in [0.5, 0.6) is 0 Å². The van der Waals surface area contributed by atoms with E-state index in [1.165, 1.54) is 0 Å². The molecule has 146 valence electrons. The topological polar surface area (TPSA) is 61.9 Å². The number of benzene rings is 2. The zero-order valence-corrected chi connectivity index (χ0v) is 15.9. The molecule has 2 fully saturated rings. The van der Waals surface area contributed by atoms with Gasteiger partial charge in [-0.1, -0.05) is 24.3 Å². The Labute approximate surface area is 165 Å². The minimum absolute atomic E-state index is 0.135. The van der Waals surface area contributed by atoms with Gasteiger partial charge in [-0.2, -0.15) is 0 Å². The van der Waals surface area contributed by atoms with Crippen molar-refractivity contribution in [2.75, 3.05) is 43.1 Å². The van der Waals surface area contributed by atoms with Crippen LogP contribution in [0.1, 0.15) is 28.8 Å². The Kier molecular flexibility index (Phi) is 5.58. The Balaban J connectivity index is 1.43. The molecule has 0 atom stereocenters.